The van der Waals surface area contributed by atoms with Gasteiger partial charge in [0.2, 0.25) is 0 Å². The van der Waals surface area contributed by atoms with E-state index in [0.29, 0.717) is 5.02 Å². The number of nitrogens with one attached hydrogen (secondary N) is 2. The zero-order valence-corrected chi connectivity index (χ0v) is 14.6. The van der Waals surface area contributed by atoms with E-state index in [2.05, 4.69) is 31.8 Å². The minimum absolute atomic E-state index is 0.245. The molecule has 0 saturated carbocycles. The molecule has 0 radical (unpaired) electrons. The number of rotatable bonds is 3. The molecule has 0 saturated heterocycles. The lowest BCUT2D eigenvalue weighted by molar-refractivity contribution is -0.136. The second-order valence-electron chi connectivity index (χ2n) is 4.30. The molecule has 118 valence electrons. The highest BCUT2D eigenvalue weighted by atomic mass is 79.9. The molecule has 0 atom stereocenters. The zero-order chi connectivity index (χ0) is 16.8. The Bertz CT molecular complexity index is 781. The van der Waals surface area contributed by atoms with Crippen molar-refractivity contribution in [1.82, 2.24) is 5.43 Å². The summed E-state index contributed by atoms with van der Waals surface area (Å²) in [5, 5.41) is 6.75. The molecule has 0 bridgehead atoms. The first kappa shape index (κ1) is 17.5. The van der Waals surface area contributed by atoms with E-state index in [1.807, 2.05) is 18.2 Å². The summed E-state index contributed by atoms with van der Waals surface area (Å²) in [4.78, 5) is 23.5. The largest absolute Gasteiger partial charge is 0.329 e. The highest BCUT2D eigenvalue weighted by molar-refractivity contribution is 9.10. The molecular formula is C15H10BrCl2N3O2. The van der Waals surface area contributed by atoms with Crippen molar-refractivity contribution in [2.24, 2.45) is 5.10 Å². The third-order valence-corrected chi connectivity index (χ3v) is 3.94. The second kappa shape index (κ2) is 8.10. The van der Waals surface area contributed by atoms with Crippen molar-refractivity contribution in [2.75, 3.05) is 5.32 Å². The first-order chi connectivity index (χ1) is 11.0. The molecule has 0 aliphatic heterocycles. The van der Waals surface area contributed by atoms with Gasteiger partial charge in [-0.3, -0.25) is 9.59 Å². The minimum atomic E-state index is -0.927. The average Bonchev–Trinajstić information content (AvgIpc) is 2.52. The van der Waals surface area contributed by atoms with Crippen LogP contribution in [-0.2, 0) is 9.59 Å². The topological polar surface area (TPSA) is 70.6 Å². The molecule has 0 aliphatic carbocycles. The van der Waals surface area contributed by atoms with Crippen LogP contribution in [0.4, 0.5) is 5.69 Å². The number of anilines is 1. The van der Waals surface area contributed by atoms with Crippen molar-refractivity contribution < 1.29 is 9.59 Å². The molecular weight excluding hydrogens is 405 g/mol. The van der Waals surface area contributed by atoms with Crippen LogP contribution in [-0.4, -0.2) is 18.0 Å². The third-order valence-electron chi connectivity index (χ3n) is 2.66. The number of benzene rings is 2. The highest BCUT2D eigenvalue weighted by Gasteiger charge is 2.14. The maximum Gasteiger partial charge on any atom is 0.329 e. The summed E-state index contributed by atoms with van der Waals surface area (Å²) in [6.45, 7) is 0. The fraction of sp³-hybridized carbons (Fsp3) is 0. The number of amides is 2. The lowest BCUT2D eigenvalue weighted by Gasteiger charge is -2.06. The van der Waals surface area contributed by atoms with Crippen molar-refractivity contribution in [1.29, 1.82) is 0 Å². The van der Waals surface area contributed by atoms with Gasteiger partial charge in [-0.2, -0.15) is 5.10 Å². The Balaban J connectivity index is 1.97. The molecule has 2 amide bonds. The predicted octanol–water partition coefficient (Wildman–Crippen LogP) is 3.84. The van der Waals surface area contributed by atoms with E-state index in [0.717, 1.165) is 10.0 Å². The van der Waals surface area contributed by atoms with E-state index in [-0.39, 0.29) is 10.7 Å². The Kier molecular flexibility index (Phi) is 6.15. The fourth-order valence-electron chi connectivity index (χ4n) is 1.56. The van der Waals surface area contributed by atoms with Crippen LogP contribution < -0.4 is 10.7 Å². The standard InChI is InChI=1S/C15H10BrCl2N3O2/c16-11-4-2-1-3-9(11)8-19-21-15(23)14(22)20-13-7-10(17)5-6-12(13)18/h1-8H,(H,20,22)(H,21,23)/b19-8-. The third kappa shape index (κ3) is 5.06. The van der Waals surface area contributed by atoms with Gasteiger partial charge in [0.1, 0.15) is 0 Å². The quantitative estimate of drug-likeness (QED) is 0.455. The van der Waals surface area contributed by atoms with Gasteiger partial charge in [-0.05, 0) is 24.3 Å². The van der Waals surface area contributed by atoms with E-state index in [1.165, 1.54) is 18.3 Å². The molecule has 2 aromatic carbocycles. The molecule has 2 rings (SSSR count). The monoisotopic (exact) mass is 413 g/mol. The molecule has 0 aromatic heterocycles. The number of halogens is 3. The second-order valence-corrected chi connectivity index (χ2v) is 6.00. The number of hydrogen-bond donors (Lipinski definition) is 2. The van der Waals surface area contributed by atoms with E-state index < -0.39 is 11.8 Å². The van der Waals surface area contributed by atoms with Gasteiger partial charge in [-0.1, -0.05) is 57.3 Å². The van der Waals surface area contributed by atoms with Crippen LogP contribution in [0.2, 0.25) is 10.0 Å². The highest BCUT2D eigenvalue weighted by Crippen LogP contribution is 2.25. The Morgan fingerprint density at radius 2 is 1.83 bits per heavy atom. The van der Waals surface area contributed by atoms with Gasteiger partial charge < -0.3 is 5.32 Å². The summed E-state index contributed by atoms with van der Waals surface area (Å²) in [6.07, 6.45) is 1.42. The summed E-state index contributed by atoms with van der Waals surface area (Å²) in [5.74, 6) is -1.83. The van der Waals surface area contributed by atoms with Gasteiger partial charge in [-0.25, -0.2) is 5.43 Å². The van der Waals surface area contributed by atoms with Crippen LogP contribution in [0.25, 0.3) is 0 Å². The van der Waals surface area contributed by atoms with Crippen molar-refractivity contribution in [3.63, 3.8) is 0 Å². The maximum absolute atomic E-state index is 11.8. The fourth-order valence-corrected chi connectivity index (χ4v) is 2.29. The van der Waals surface area contributed by atoms with Gasteiger partial charge in [0, 0.05) is 15.1 Å². The Hall–Kier alpha value is -1.89. The van der Waals surface area contributed by atoms with E-state index in [9.17, 15) is 9.59 Å². The predicted molar refractivity (Wildman–Crippen MR) is 95.0 cm³/mol. The number of carbonyl (C=O) groups is 2. The number of hydrazone groups is 1. The molecule has 0 spiro atoms. The Morgan fingerprint density at radius 3 is 2.57 bits per heavy atom. The molecule has 23 heavy (non-hydrogen) atoms. The summed E-state index contributed by atoms with van der Waals surface area (Å²) in [6, 6.07) is 11.8. The first-order valence-corrected chi connectivity index (χ1v) is 7.86. The van der Waals surface area contributed by atoms with Crippen molar-refractivity contribution in [3.8, 4) is 0 Å². The maximum atomic E-state index is 11.8. The number of hydrogen-bond acceptors (Lipinski definition) is 3. The molecule has 5 nitrogen and oxygen atoms in total. The van der Waals surface area contributed by atoms with Gasteiger partial charge in [0.15, 0.2) is 0 Å². The van der Waals surface area contributed by atoms with E-state index in [4.69, 9.17) is 23.2 Å². The van der Waals surface area contributed by atoms with Crippen LogP contribution in [0.15, 0.2) is 52.0 Å². The normalized spacial score (nSPS) is 10.6. The van der Waals surface area contributed by atoms with E-state index >= 15 is 0 Å². The Morgan fingerprint density at radius 1 is 1.09 bits per heavy atom. The van der Waals surface area contributed by atoms with Crippen LogP contribution in [0.1, 0.15) is 5.56 Å². The molecule has 8 heteroatoms. The van der Waals surface area contributed by atoms with Crippen molar-refractivity contribution >= 4 is 62.8 Å². The molecule has 0 heterocycles. The number of nitrogens with zero attached hydrogens (tertiary/aromatic N) is 1. The summed E-state index contributed by atoms with van der Waals surface area (Å²) < 4.78 is 0.813. The summed E-state index contributed by atoms with van der Waals surface area (Å²) in [5.41, 5.74) is 3.13. The molecule has 2 aromatic rings. The van der Waals surface area contributed by atoms with Gasteiger partial charge >= 0.3 is 11.8 Å². The van der Waals surface area contributed by atoms with Crippen LogP contribution in [0.5, 0.6) is 0 Å². The SMILES string of the molecule is O=C(N/N=C\c1ccccc1Br)C(=O)Nc1cc(Cl)ccc1Cl. The molecule has 0 aliphatic rings. The van der Waals surface area contributed by atoms with Gasteiger partial charge in [0.05, 0.1) is 16.9 Å². The van der Waals surface area contributed by atoms with Crippen molar-refractivity contribution in [3.05, 3.63) is 62.5 Å². The smallest absolute Gasteiger partial charge is 0.316 e. The Labute approximate surface area is 150 Å². The van der Waals surface area contributed by atoms with Crippen LogP contribution in [0, 0.1) is 0 Å². The summed E-state index contributed by atoms with van der Waals surface area (Å²) >= 11 is 15.1. The van der Waals surface area contributed by atoms with Crippen molar-refractivity contribution in [2.45, 2.75) is 0 Å². The van der Waals surface area contributed by atoms with Gasteiger partial charge in [0.25, 0.3) is 0 Å². The summed E-state index contributed by atoms with van der Waals surface area (Å²) in [7, 11) is 0. The molecule has 2 N–H and O–H groups in total. The molecule has 0 unspecified atom stereocenters. The first-order valence-electron chi connectivity index (χ1n) is 6.31. The number of carbonyl (C=O) groups excluding carboxylic acids is 2. The van der Waals surface area contributed by atoms with Crippen LogP contribution >= 0.6 is 39.1 Å². The lowest BCUT2D eigenvalue weighted by atomic mass is 10.2. The van der Waals surface area contributed by atoms with E-state index in [1.54, 1.807) is 12.1 Å². The molecule has 0 fully saturated rings. The lowest BCUT2D eigenvalue weighted by Crippen LogP contribution is -2.32. The zero-order valence-electron chi connectivity index (χ0n) is 11.5. The van der Waals surface area contributed by atoms with Gasteiger partial charge in [-0.15, -0.1) is 0 Å². The van der Waals surface area contributed by atoms with Crippen LogP contribution in [0.3, 0.4) is 0 Å². The minimum Gasteiger partial charge on any atom is -0.316 e. The average molecular weight is 415 g/mol.